The fraction of sp³-hybridized carbons (Fsp3) is 0.154. The number of aryl methyl sites for hydroxylation is 2. The van der Waals surface area contributed by atoms with E-state index >= 15 is 0 Å². The minimum Gasteiger partial charge on any atom is -0.437 e. The molecule has 2 rings (SSSR count). The predicted molar refractivity (Wildman–Crippen MR) is 77.3 cm³/mol. The maximum absolute atomic E-state index is 5.79. The lowest BCUT2D eigenvalue weighted by molar-refractivity contribution is 0.465. The van der Waals surface area contributed by atoms with Crippen molar-refractivity contribution >= 4 is 33.2 Å². The number of pyridine rings is 1. The van der Waals surface area contributed by atoms with Crippen molar-refractivity contribution in [3.63, 3.8) is 0 Å². The first kappa shape index (κ1) is 13.2. The molecule has 0 saturated carbocycles. The Morgan fingerprint density at radius 3 is 2.39 bits per heavy atom. The first-order valence-corrected chi connectivity index (χ1v) is 6.50. The van der Waals surface area contributed by atoms with Crippen molar-refractivity contribution in [2.75, 3.05) is 5.73 Å². The van der Waals surface area contributed by atoms with Gasteiger partial charge in [0.1, 0.15) is 5.75 Å². The molecule has 0 aliphatic rings. The Labute approximate surface area is 119 Å². The standard InChI is InChI=1S/C13H12BrClN2O/c1-7-3-10(4-8(2)12(7)14)18-13-11(16)5-9(15)6-17-13/h3-6H,16H2,1-2H3. The van der Waals surface area contributed by atoms with Crippen LogP contribution >= 0.6 is 27.5 Å². The van der Waals surface area contributed by atoms with Gasteiger partial charge in [0.15, 0.2) is 0 Å². The largest absolute Gasteiger partial charge is 0.437 e. The third-order valence-electron chi connectivity index (χ3n) is 2.47. The summed E-state index contributed by atoms with van der Waals surface area (Å²) in [6.07, 6.45) is 1.51. The van der Waals surface area contributed by atoms with Gasteiger partial charge in [0.2, 0.25) is 5.88 Å². The molecule has 1 aromatic heterocycles. The second-order valence-electron chi connectivity index (χ2n) is 4.02. The summed E-state index contributed by atoms with van der Waals surface area (Å²) >= 11 is 9.30. The van der Waals surface area contributed by atoms with Gasteiger partial charge in [-0.15, -0.1) is 0 Å². The molecule has 0 amide bonds. The summed E-state index contributed by atoms with van der Waals surface area (Å²) in [4.78, 5) is 4.06. The second kappa shape index (κ2) is 5.16. The van der Waals surface area contributed by atoms with Gasteiger partial charge in [-0.25, -0.2) is 4.98 Å². The number of halogens is 2. The number of benzene rings is 1. The number of nitrogen functional groups attached to an aromatic ring is 1. The van der Waals surface area contributed by atoms with Crippen LogP contribution in [0.3, 0.4) is 0 Å². The molecule has 94 valence electrons. The van der Waals surface area contributed by atoms with Crippen molar-refractivity contribution in [3.8, 4) is 11.6 Å². The molecule has 3 nitrogen and oxygen atoms in total. The minimum absolute atomic E-state index is 0.362. The molecule has 0 fully saturated rings. The maximum atomic E-state index is 5.79. The van der Waals surface area contributed by atoms with Gasteiger partial charge in [0.25, 0.3) is 0 Å². The molecular formula is C13H12BrClN2O. The van der Waals surface area contributed by atoms with Crippen molar-refractivity contribution in [2.45, 2.75) is 13.8 Å². The van der Waals surface area contributed by atoms with Crippen molar-refractivity contribution in [1.29, 1.82) is 0 Å². The maximum Gasteiger partial charge on any atom is 0.242 e. The highest BCUT2D eigenvalue weighted by Crippen LogP contribution is 2.31. The number of ether oxygens (including phenoxy) is 1. The zero-order valence-corrected chi connectivity index (χ0v) is 12.3. The van der Waals surface area contributed by atoms with Gasteiger partial charge in [-0.3, -0.25) is 0 Å². The molecule has 1 aromatic carbocycles. The molecule has 0 atom stereocenters. The molecule has 2 aromatic rings. The zero-order chi connectivity index (χ0) is 13.3. The lowest BCUT2D eigenvalue weighted by Crippen LogP contribution is -1.95. The summed E-state index contributed by atoms with van der Waals surface area (Å²) in [7, 11) is 0. The van der Waals surface area contributed by atoms with E-state index in [2.05, 4.69) is 20.9 Å². The Bertz CT molecular complexity index is 579. The lowest BCUT2D eigenvalue weighted by atomic mass is 10.1. The molecule has 0 aliphatic carbocycles. The van der Waals surface area contributed by atoms with Crippen LogP contribution in [0.5, 0.6) is 11.6 Å². The molecule has 0 spiro atoms. The number of hydrogen-bond acceptors (Lipinski definition) is 3. The number of aromatic nitrogens is 1. The monoisotopic (exact) mass is 326 g/mol. The summed E-state index contributed by atoms with van der Waals surface area (Å²) in [5, 5.41) is 0.489. The van der Waals surface area contributed by atoms with E-state index in [-0.39, 0.29) is 0 Å². The Morgan fingerprint density at radius 1 is 1.22 bits per heavy atom. The van der Waals surface area contributed by atoms with Crippen LogP contribution < -0.4 is 10.5 Å². The van der Waals surface area contributed by atoms with E-state index in [1.807, 2.05) is 26.0 Å². The first-order valence-electron chi connectivity index (χ1n) is 5.33. The molecule has 18 heavy (non-hydrogen) atoms. The second-order valence-corrected chi connectivity index (χ2v) is 5.25. The molecule has 0 bridgehead atoms. The Morgan fingerprint density at radius 2 is 1.83 bits per heavy atom. The van der Waals surface area contributed by atoms with Crippen molar-refractivity contribution < 1.29 is 4.74 Å². The summed E-state index contributed by atoms with van der Waals surface area (Å²) in [5.74, 6) is 1.07. The number of rotatable bonds is 2. The van der Waals surface area contributed by atoms with Gasteiger partial charge in [-0.2, -0.15) is 0 Å². The number of hydrogen-bond donors (Lipinski definition) is 1. The normalized spacial score (nSPS) is 10.4. The smallest absolute Gasteiger partial charge is 0.242 e. The number of anilines is 1. The topological polar surface area (TPSA) is 48.1 Å². The quantitative estimate of drug-likeness (QED) is 0.884. The Balaban J connectivity index is 2.34. The van der Waals surface area contributed by atoms with Gasteiger partial charge in [-0.1, -0.05) is 27.5 Å². The summed E-state index contributed by atoms with van der Waals surface area (Å²) in [6.45, 7) is 4.01. The van der Waals surface area contributed by atoms with Crippen molar-refractivity contribution in [2.24, 2.45) is 0 Å². The predicted octanol–water partition coefficient (Wildman–Crippen LogP) is 4.49. The van der Waals surface area contributed by atoms with E-state index in [1.54, 1.807) is 6.07 Å². The SMILES string of the molecule is Cc1cc(Oc2ncc(Cl)cc2N)cc(C)c1Br. The van der Waals surface area contributed by atoms with Crippen LogP contribution in [0.4, 0.5) is 5.69 Å². The van der Waals surface area contributed by atoms with Crippen LogP contribution in [0.1, 0.15) is 11.1 Å². The van der Waals surface area contributed by atoms with Gasteiger partial charge >= 0.3 is 0 Å². The molecule has 5 heteroatoms. The molecule has 0 unspecified atom stereocenters. The highest BCUT2D eigenvalue weighted by molar-refractivity contribution is 9.10. The average Bonchev–Trinajstić information content (AvgIpc) is 2.29. The number of nitrogens with zero attached hydrogens (tertiary/aromatic N) is 1. The third kappa shape index (κ3) is 2.76. The summed E-state index contributed by atoms with van der Waals surface area (Å²) < 4.78 is 6.74. The van der Waals surface area contributed by atoms with Crippen LogP contribution in [0.15, 0.2) is 28.9 Å². The van der Waals surface area contributed by atoms with Crippen LogP contribution in [0.2, 0.25) is 5.02 Å². The van der Waals surface area contributed by atoms with E-state index in [9.17, 15) is 0 Å². The Kier molecular flexibility index (Phi) is 3.78. The number of nitrogens with two attached hydrogens (primary N) is 1. The highest BCUT2D eigenvalue weighted by Gasteiger charge is 2.07. The molecule has 0 radical (unpaired) electrons. The first-order chi connectivity index (χ1) is 8.47. The van der Waals surface area contributed by atoms with Gasteiger partial charge in [0, 0.05) is 10.7 Å². The van der Waals surface area contributed by atoms with Gasteiger partial charge in [0.05, 0.1) is 10.7 Å². The van der Waals surface area contributed by atoms with Crippen molar-refractivity contribution in [1.82, 2.24) is 4.98 Å². The molecular weight excluding hydrogens is 316 g/mol. The lowest BCUT2D eigenvalue weighted by Gasteiger charge is -2.10. The van der Waals surface area contributed by atoms with Gasteiger partial charge < -0.3 is 10.5 Å². The van der Waals surface area contributed by atoms with E-state index < -0.39 is 0 Å². The minimum atomic E-state index is 0.362. The van der Waals surface area contributed by atoms with E-state index in [0.29, 0.717) is 22.3 Å². The fourth-order valence-corrected chi connectivity index (χ4v) is 2.00. The third-order valence-corrected chi connectivity index (χ3v) is 3.93. The van der Waals surface area contributed by atoms with Crippen molar-refractivity contribution in [3.05, 3.63) is 45.0 Å². The summed E-state index contributed by atoms with van der Waals surface area (Å²) in [6, 6.07) is 5.46. The van der Waals surface area contributed by atoms with Crippen LogP contribution in [0.25, 0.3) is 0 Å². The van der Waals surface area contributed by atoms with E-state index in [1.165, 1.54) is 6.20 Å². The molecule has 2 N–H and O–H groups in total. The molecule has 1 heterocycles. The summed E-state index contributed by atoms with van der Waals surface area (Å²) in [5.41, 5.74) is 8.40. The van der Waals surface area contributed by atoms with Crippen LogP contribution in [-0.4, -0.2) is 4.98 Å². The molecule has 0 aliphatic heterocycles. The van der Waals surface area contributed by atoms with Crippen LogP contribution in [0, 0.1) is 13.8 Å². The van der Waals surface area contributed by atoms with E-state index in [0.717, 1.165) is 15.6 Å². The van der Waals surface area contributed by atoms with Crippen LogP contribution in [-0.2, 0) is 0 Å². The van der Waals surface area contributed by atoms with Gasteiger partial charge in [-0.05, 0) is 43.2 Å². The van der Waals surface area contributed by atoms with E-state index in [4.69, 9.17) is 22.1 Å². The highest BCUT2D eigenvalue weighted by atomic mass is 79.9. The molecule has 0 saturated heterocycles. The average molecular weight is 328 g/mol. The Hall–Kier alpha value is -1.26. The fourth-order valence-electron chi connectivity index (χ4n) is 1.60. The zero-order valence-electron chi connectivity index (χ0n) is 10.00.